The van der Waals surface area contributed by atoms with Gasteiger partial charge in [0.05, 0.1) is 23.9 Å². The molecule has 0 aliphatic heterocycles. The third-order valence-corrected chi connectivity index (χ3v) is 4.04. The molecule has 1 heterocycles. The van der Waals surface area contributed by atoms with Gasteiger partial charge in [-0.05, 0) is 36.2 Å². The molecule has 2 aromatic carbocycles. The lowest BCUT2D eigenvalue weighted by Gasteiger charge is -2.08. The molecule has 1 amide bonds. The van der Waals surface area contributed by atoms with Crippen LogP contribution >= 0.6 is 0 Å². The van der Waals surface area contributed by atoms with E-state index < -0.39 is 0 Å². The van der Waals surface area contributed by atoms with Gasteiger partial charge in [-0.15, -0.1) is 0 Å². The fraction of sp³-hybridized carbons (Fsp3) is 0.143. The summed E-state index contributed by atoms with van der Waals surface area (Å²) in [4.78, 5) is 20.7. The Morgan fingerprint density at radius 2 is 1.93 bits per heavy atom. The van der Waals surface area contributed by atoms with Crippen LogP contribution in [0.2, 0.25) is 0 Å². The summed E-state index contributed by atoms with van der Waals surface area (Å²) in [6.07, 6.45) is 3.68. The molecule has 7 nitrogen and oxygen atoms in total. The number of para-hydroxylation sites is 1. The van der Waals surface area contributed by atoms with Crippen LogP contribution in [0.4, 0.5) is 11.6 Å². The monoisotopic (exact) mass is 373 g/mol. The van der Waals surface area contributed by atoms with E-state index in [1.807, 2.05) is 30.3 Å². The lowest BCUT2D eigenvalue weighted by atomic mass is 10.1. The number of aromatic nitrogens is 2. The molecule has 140 valence electrons. The van der Waals surface area contributed by atoms with Gasteiger partial charge in [0, 0.05) is 18.9 Å². The molecule has 3 aromatic rings. The number of nitrogens with zero attached hydrogens (tertiary/aromatic N) is 3. The van der Waals surface area contributed by atoms with Crippen molar-refractivity contribution in [1.29, 1.82) is 5.26 Å². The first-order valence-corrected chi connectivity index (χ1v) is 8.69. The first kappa shape index (κ1) is 18.9. The molecular weight excluding hydrogens is 354 g/mol. The number of hydrogen-bond acceptors (Lipinski definition) is 6. The molecule has 0 fully saturated rings. The van der Waals surface area contributed by atoms with Crippen molar-refractivity contribution in [2.75, 3.05) is 24.3 Å². The molecule has 0 radical (unpaired) electrons. The van der Waals surface area contributed by atoms with Gasteiger partial charge in [-0.25, -0.2) is 9.97 Å². The average molecular weight is 373 g/mol. The molecule has 0 aliphatic rings. The lowest BCUT2D eigenvalue weighted by Crippen LogP contribution is -2.14. The predicted molar refractivity (Wildman–Crippen MR) is 106 cm³/mol. The number of carbonyl (C=O) groups is 1. The Morgan fingerprint density at radius 3 is 2.68 bits per heavy atom. The van der Waals surface area contributed by atoms with E-state index in [2.05, 4.69) is 20.6 Å². The summed E-state index contributed by atoms with van der Waals surface area (Å²) in [5.74, 6) is 0.893. The zero-order valence-electron chi connectivity index (χ0n) is 15.3. The van der Waals surface area contributed by atoms with Gasteiger partial charge in [-0.2, -0.15) is 5.26 Å². The van der Waals surface area contributed by atoms with Crippen LogP contribution in [0.1, 0.15) is 21.5 Å². The molecule has 0 unspecified atom stereocenters. The summed E-state index contributed by atoms with van der Waals surface area (Å²) in [5, 5.41) is 14.9. The largest absolute Gasteiger partial charge is 0.497 e. The van der Waals surface area contributed by atoms with Crippen molar-refractivity contribution in [1.82, 2.24) is 9.97 Å². The Kier molecular flexibility index (Phi) is 6.16. The van der Waals surface area contributed by atoms with Gasteiger partial charge in [0.1, 0.15) is 11.8 Å². The van der Waals surface area contributed by atoms with Crippen molar-refractivity contribution in [3.63, 3.8) is 0 Å². The van der Waals surface area contributed by atoms with E-state index in [0.29, 0.717) is 29.3 Å². The van der Waals surface area contributed by atoms with Crippen LogP contribution in [0.25, 0.3) is 0 Å². The second kappa shape index (κ2) is 9.14. The Balaban J connectivity index is 1.55. The first-order chi connectivity index (χ1) is 13.7. The van der Waals surface area contributed by atoms with E-state index in [9.17, 15) is 4.79 Å². The normalized spacial score (nSPS) is 10.0. The smallest absolute Gasteiger partial charge is 0.258 e. The van der Waals surface area contributed by atoms with Crippen LogP contribution in [0.3, 0.4) is 0 Å². The van der Waals surface area contributed by atoms with Gasteiger partial charge in [-0.3, -0.25) is 4.79 Å². The van der Waals surface area contributed by atoms with E-state index in [1.54, 1.807) is 31.4 Å². The molecule has 0 aliphatic carbocycles. The van der Waals surface area contributed by atoms with Crippen LogP contribution in [0.15, 0.2) is 60.9 Å². The predicted octanol–water partition coefficient (Wildman–Crippen LogP) is 3.26. The summed E-state index contributed by atoms with van der Waals surface area (Å²) in [5.41, 5.74) is 2.30. The second-order valence-corrected chi connectivity index (χ2v) is 5.94. The highest BCUT2D eigenvalue weighted by Gasteiger charge is 2.10. The van der Waals surface area contributed by atoms with Crippen LogP contribution < -0.4 is 15.4 Å². The zero-order chi connectivity index (χ0) is 19.8. The number of anilines is 2. The van der Waals surface area contributed by atoms with Gasteiger partial charge in [-0.1, -0.05) is 24.3 Å². The molecule has 7 heteroatoms. The van der Waals surface area contributed by atoms with Crippen molar-refractivity contribution < 1.29 is 9.53 Å². The van der Waals surface area contributed by atoms with Gasteiger partial charge in [0.15, 0.2) is 0 Å². The SMILES string of the molecule is COc1cccc(CCNc2ncc(C(=O)Nc3ccccc3C#N)cn2)c1. The van der Waals surface area contributed by atoms with E-state index in [4.69, 9.17) is 10.00 Å². The minimum atomic E-state index is -0.370. The number of nitrogens with one attached hydrogen (secondary N) is 2. The number of hydrogen-bond donors (Lipinski definition) is 2. The number of nitriles is 1. The summed E-state index contributed by atoms with van der Waals surface area (Å²) in [6.45, 7) is 0.647. The van der Waals surface area contributed by atoms with Crippen LogP contribution in [-0.4, -0.2) is 29.5 Å². The maximum Gasteiger partial charge on any atom is 0.258 e. The molecule has 1 aromatic heterocycles. The number of carbonyl (C=O) groups excluding carboxylic acids is 1. The second-order valence-electron chi connectivity index (χ2n) is 5.94. The minimum Gasteiger partial charge on any atom is -0.497 e. The summed E-state index contributed by atoms with van der Waals surface area (Å²) < 4.78 is 5.21. The molecule has 0 saturated carbocycles. The Labute approximate surface area is 163 Å². The Hall–Kier alpha value is -3.92. The third-order valence-electron chi connectivity index (χ3n) is 4.04. The highest BCUT2D eigenvalue weighted by Crippen LogP contribution is 2.15. The average Bonchev–Trinajstić information content (AvgIpc) is 2.74. The van der Waals surface area contributed by atoms with Gasteiger partial charge in [0.25, 0.3) is 5.91 Å². The summed E-state index contributed by atoms with van der Waals surface area (Å²) in [6, 6.07) is 16.7. The lowest BCUT2D eigenvalue weighted by molar-refractivity contribution is 0.102. The van der Waals surface area contributed by atoms with E-state index in [-0.39, 0.29) is 5.91 Å². The molecule has 3 rings (SSSR count). The molecule has 2 N–H and O–H groups in total. The fourth-order valence-electron chi connectivity index (χ4n) is 2.57. The summed E-state index contributed by atoms with van der Waals surface area (Å²) >= 11 is 0. The topological polar surface area (TPSA) is 99.9 Å². The number of benzene rings is 2. The highest BCUT2D eigenvalue weighted by molar-refractivity contribution is 6.04. The van der Waals surface area contributed by atoms with Crippen LogP contribution in [-0.2, 0) is 6.42 Å². The van der Waals surface area contributed by atoms with E-state index in [1.165, 1.54) is 12.4 Å². The molecule has 28 heavy (non-hydrogen) atoms. The van der Waals surface area contributed by atoms with E-state index in [0.717, 1.165) is 17.7 Å². The number of methoxy groups -OCH3 is 1. The fourth-order valence-corrected chi connectivity index (χ4v) is 2.57. The van der Waals surface area contributed by atoms with Gasteiger partial charge < -0.3 is 15.4 Å². The van der Waals surface area contributed by atoms with Crippen LogP contribution in [0, 0.1) is 11.3 Å². The maximum absolute atomic E-state index is 12.3. The third kappa shape index (κ3) is 4.83. The van der Waals surface area contributed by atoms with Gasteiger partial charge in [0.2, 0.25) is 5.95 Å². The molecule has 0 bridgehead atoms. The quantitative estimate of drug-likeness (QED) is 0.659. The van der Waals surface area contributed by atoms with E-state index >= 15 is 0 Å². The van der Waals surface area contributed by atoms with Crippen LogP contribution in [0.5, 0.6) is 5.75 Å². The Morgan fingerprint density at radius 1 is 1.14 bits per heavy atom. The number of ether oxygens (including phenoxy) is 1. The summed E-state index contributed by atoms with van der Waals surface area (Å²) in [7, 11) is 1.64. The highest BCUT2D eigenvalue weighted by atomic mass is 16.5. The Bertz CT molecular complexity index is 996. The van der Waals surface area contributed by atoms with Crippen molar-refractivity contribution in [3.8, 4) is 11.8 Å². The molecule has 0 spiro atoms. The molecular formula is C21H19N5O2. The van der Waals surface area contributed by atoms with Crippen molar-refractivity contribution in [3.05, 3.63) is 77.6 Å². The standard InChI is InChI=1S/C21H19N5O2/c1-28-18-7-4-5-15(11-18)9-10-23-21-24-13-17(14-25-21)20(27)26-19-8-3-2-6-16(19)12-22/h2-8,11,13-14H,9-10H2,1H3,(H,26,27)(H,23,24,25). The van der Waals surface area contributed by atoms with Crippen molar-refractivity contribution >= 4 is 17.5 Å². The maximum atomic E-state index is 12.3. The molecule has 0 atom stereocenters. The van der Waals surface area contributed by atoms with Crippen molar-refractivity contribution in [2.45, 2.75) is 6.42 Å². The zero-order valence-corrected chi connectivity index (χ0v) is 15.3. The minimum absolute atomic E-state index is 0.311. The van der Waals surface area contributed by atoms with Gasteiger partial charge >= 0.3 is 0 Å². The molecule has 0 saturated heterocycles. The number of amides is 1. The number of rotatable bonds is 7. The first-order valence-electron chi connectivity index (χ1n) is 8.69. The van der Waals surface area contributed by atoms with Crippen molar-refractivity contribution in [2.24, 2.45) is 0 Å².